The number of carbonyl (C=O) groups is 3. The summed E-state index contributed by atoms with van der Waals surface area (Å²) >= 11 is 6.13. The lowest BCUT2D eigenvalue weighted by Gasteiger charge is -2.18. The zero-order chi connectivity index (χ0) is 30.3. The van der Waals surface area contributed by atoms with Crippen molar-refractivity contribution < 1.29 is 27.2 Å². The summed E-state index contributed by atoms with van der Waals surface area (Å²) in [6.07, 6.45) is 4.96. The van der Waals surface area contributed by atoms with Gasteiger partial charge in [0.05, 0.1) is 17.5 Å². The molecule has 3 amide bonds. The van der Waals surface area contributed by atoms with E-state index in [1.807, 2.05) is 0 Å². The molecule has 0 aliphatic rings. The van der Waals surface area contributed by atoms with E-state index in [4.69, 9.17) is 11.6 Å². The second kappa shape index (κ2) is 13.1. The molecule has 0 radical (unpaired) electrons. The molecule has 12 nitrogen and oxygen atoms in total. The van der Waals surface area contributed by atoms with Crippen molar-refractivity contribution in [1.82, 2.24) is 30.2 Å². The Bertz CT molecular complexity index is 1750. The van der Waals surface area contributed by atoms with Crippen LogP contribution < -0.4 is 15.4 Å². The van der Waals surface area contributed by atoms with E-state index in [9.17, 15) is 27.2 Å². The third kappa shape index (κ3) is 8.28. The van der Waals surface area contributed by atoms with Gasteiger partial charge in [0.25, 0.3) is 5.91 Å². The first kappa shape index (κ1) is 30.0. The van der Waals surface area contributed by atoms with Crippen molar-refractivity contribution in [2.24, 2.45) is 0 Å². The Kier molecular flexibility index (Phi) is 9.39. The van der Waals surface area contributed by atoms with Crippen molar-refractivity contribution in [2.45, 2.75) is 12.5 Å². The van der Waals surface area contributed by atoms with Crippen molar-refractivity contribution in [1.29, 1.82) is 0 Å². The molecule has 0 fully saturated rings. The molecule has 4 rings (SSSR count). The number of sulfonamides is 1. The van der Waals surface area contributed by atoms with Gasteiger partial charge in [0.2, 0.25) is 21.8 Å². The molecule has 0 spiro atoms. The summed E-state index contributed by atoms with van der Waals surface area (Å²) in [5.74, 6) is -3.48. The fourth-order valence-electron chi connectivity index (χ4n) is 3.81. The minimum absolute atomic E-state index is 0.0127. The molecule has 0 aliphatic heterocycles. The van der Waals surface area contributed by atoms with E-state index in [2.05, 4.69) is 26.2 Å². The van der Waals surface area contributed by atoms with Gasteiger partial charge in [-0.3, -0.25) is 14.4 Å². The Labute approximate surface area is 244 Å². The fraction of sp³-hybridized carbons (Fsp3) is 0.111. The second-order valence-corrected chi connectivity index (χ2v) is 11.1. The van der Waals surface area contributed by atoms with E-state index in [-0.39, 0.29) is 12.1 Å². The van der Waals surface area contributed by atoms with Crippen LogP contribution in [0.1, 0.15) is 21.5 Å². The first-order valence-corrected chi connectivity index (χ1v) is 14.4. The highest BCUT2D eigenvalue weighted by molar-refractivity contribution is 7.89. The van der Waals surface area contributed by atoms with Crippen LogP contribution in [-0.2, 0) is 26.0 Å². The molecule has 1 unspecified atom stereocenters. The summed E-state index contributed by atoms with van der Waals surface area (Å²) in [4.78, 5) is 38.2. The Morgan fingerprint density at radius 3 is 2.50 bits per heavy atom. The van der Waals surface area contributed by atoms with Crippen molar-refractivity contribution in [3.05, 3.63) is 107 Å². The van der Waals surface area contributed by atoms with Crippen LogP contribution in [-0.4, -0.2) is 58.6 Å². The number of nitrogens with zero attached hydrogens (tertiary/aromatic N) is 4. The van der Waals surface area contributed by atoms with Crippen LogP contribution in [0, 0.1) is 5.82 Å². The first-order valence-electron chi connectivity index (χ1n) is 12.2. The number of halogens is 2. The summed E-state index contributed by atoms with van der Waals surface area (Å²) in [5.41, 5.74) is 1.30. The molecular weight excluding hydrogens is 589 g/mol. The van der Waals surface area contributed by atoms with Gasteiger partial charge < -0.3 is 10.6 Å². The maximum Gasteiger partial charge on any atom is 0.267 e. The Morgan fingerprint density at radius 2 is 1.83 bits per heavy atom. The van der Waals surface area contributed by atoms with Crippen LogP contribution in [0.3, 0.4) is 0 Å². The molecule has 1 heterocycles. The summed E-state index contributed by atoms with van der Waals surface area (Å²) in [5, 5.41) is 16.7. The van der Waals surface area contributed by atoms with Gasteiger partial charge in [0.1, 0.15) is 18.2 Å². The lowest BCUT2D eigenvalue weighted by Crippen LogP contribution is -2.44. The molecule has 0 saturated carbocycles. The van der Waals surface area contributed by atoms with Gasteiger partial charge in [-0.2, -0.15) is 4.68 Å². The fourth-order valence-corrected chi connectivity index (χ4v) is 4.44. The molecule has 15 heteroatoms. The summed E-state index contributed by atoms with van der Waals surface area (Å²) in [6.45, 7) is 0. The van der Waals surface area contributed by atoms with Gasteiger partial charge >= 0.3 is 0 Å². The lowest BCUT2D eigenvalue weighted by molar-refractivity contribution is -0.123. The smallest absolute Gasteiger partial charge is 0.267 e. The van der Waals surface area contributed by atoms with E-state index in [1.165, 1.54) is 29.2 Å². The number of anilines is 1. The second-order valence-electron chi connectivity index (χ2n) is 8.93. The highest BCUT2D eigenvalue weighted by atomic mass is 35.5. The molecule has 1 atom stereocenters. The topological polar surface area (TPSA) is 165 Å². The number of nitrogens with one attached hydrogen (secondary N) is 3. The van der Waals surface area contributed by atoms with Gasteiger partial charge in [-0.15, -0.1) is 5.10 Å². The predicted molar refractivity (Wildman–Crippen MR) is 153 cm³/mol. The van der Waals surface area contributed by atoms with Gasteiger partial charge in [-0.1, -0.05) is 41.9 Å². The van der Waals surface area contributed by atoms with Crippen molar-refractivity contribution in [3.63, 3.8) is 0 Å². The molecule has 0 bridgehead atoms. The van der Waals surface area contributed by atoms with Crippen LogP contribution in [0.5, 0.6) is 0 Å². The van der Waals surface area contributed by atoms with Crippen molar-refractivity contribution >= 4 is 51.1 Å². The number of carbonyl (C=O) groups excluding carboxylic acids is 3. The molecule has 3 N–H and O–H groups in total. The molecule has 216 valence electrons. The van der Waals surface area contributed by atoms with Crippen LogP contribution in [0.25, 0.3) is 11.8 Å². The predicted octanol–water partition coefficient (Wildman–Crippen LogP) is 2.52. The van der Waals surface area contributed by atoms with Gasteiger partial charge in [-0.05, 0) is 58.5 Å². The molecule has 0 aliphatic carbocycles. The van der Waals surface area contributed by atoms with E-state index in [0.29, 0.717) is 16.3 Å². The van der Waals surface area contributed by atoms with E-state index < -0.39 is 45.2 Å². The molecule has 4 aromatic rings. The lowest BCUT2D eigenvalue weighted by atomic mass is 10.0. The minimum Gasteiger partial charge on any atom is -0.340 e. The van der Waals surface area contributed by atoms with Crippen molar-refractivity contribution in [2.75, 3.05) is 11.6 Å². The summed E-state index contributed by atoms with van der Waals surface area (Å²) in [7, 11) is -3.91. The van der Waals surface area contributed by atoms with Gasteiger partial charge in [0, 0.05) is 28.8 Å². The van der Waals surface area contributed by atoms with Gasteiger partial charge in [0.15, 0.2) is 0 Å². The number of amides is 3. The highest BCUT2D eigenvalue weighted by Gasteiger charge is 2.22. The molecule has 42 heavy (non-hydrogen) atoms. The van der Waals surface area contributed by atoms with Crippen LogP contribution >= 0.6 is 11.6 Å². The maximum absolute atomic E-state index is 14.6. The summed E-state index contributed by atoms with van der Waals surface area (Å²) in [6, 6.07) is 15.9. The molecule has 3 aromatic carbocycles. The Hall–Kier alpha value is -4.95. The average molecular weight is 612 g/mol. The highest BCUT2D eigenvalue weighted by Crippen LogP contribution is 2.20. The average Bonchev–Trinajstić information content (AvgIpc) is 3.46. The summed E-state index contributed by atoms with van der Waals surface area (Å²) < 4.78 is 40.3. The Morgan fingerprint density at radius 1 is 1.07 bits per heavy atom. The van der Waals surface area contributed by atoms with Crippen LogP contribution in [0.15, 0.2) is 79.1 Å². The normalized spacial score (nSPS) is 12.1. The monoisotopic (exact) mass is 611 g/mol. The van der Waals surface area contributed by atoms with Crippen molar-refractivity contribution in [3.8, 4) is 5.69 Å². The minimum atomic E-state index is -3.91. The zero-order valence-corrected chi connectivity index (χ0v) is 23.4. The largest absolute Gasteiger partial charge is 0.340 e. The number of rotatable bonds is 10. The number of hydrogen-bond acceptors (Lipinski definition) is 8. The standard InChI is InChI=1S/C27H23ClFN7O5S/c1-42(40,41)33-26(38)21-10-9-20(15-22(21)29)31-27(39)23(13-17-5-3-2-4-6-17)32-25(37)12-7-18-14-19(28)8-11-24(18)36-16-30-34-35-36/h2-12,14-16,23H,13H2,1H3,(H,31,39)(H,32,37)(H,33,38). The number of tetrazole rings is 1. The number of benzene rings is 3. The third-order valence-corrected chi connectivity index (χ3v) is 6.47. The molecular formula is C27H23ClFN7O5S. The third-order valence-electron chi connectivity index (χ3n) is 5.67. The maximum atomic E-state index is 14.6. The van der Waals surface area contributed by atoms with E-state index in [1.54, 1.807) is 53.3 Å². The first-order chi connectivity index (χ1) is 20.0. The molecule has 0 saturated heterocycles. The number of hydrogen-bond donors (Lipinski definition) is 3. The number of aromatic nitrogens is 4. The zero-order valence-electron chi connectivity index (χ0n) is 21.9. The van der Waals surface area contributed by atoms with Crippen LogP contribution in [0.4, 0.5) is 10.1 Å². The SMILES string of the molecule is CS(=O)(=O)NC(=O)c1ccc(NC(=O)C(Cc2ccccc2)NC(=O)C=Cc2cc(Cl)ccc2-n2cnnn2)cc1F. The molecule has 1 aromatic heterocycles. The van der Waals surface area contributed by atoms with Gasteiger partial charge in [-0.25, -0.2) is 17.5 Å². The van der Waals surface area contributed by atoms with E-state index in [0.717, 1.165) is 24.0 Å². The van der Waals surface area contributed by atoms with E-state index >= 15 is 0 Å². The quantitative estimate of drug-likeness (QED) is 0.230. The van der Waals surface area contributed by atoms with Crippen LogP contribution in [0.2, 0.25) is 5.02 Å². The Balaban J connectivity index is 1.52.